The topological polar surface area (TPSA) is 81.7 Å². The molecule has 1 saturated heterocycles. The fourth-order valence-corrected chi connectivity index (χ4v) is 6.10. The third kappa shape index (κ3) is 3.53. The lowest BCUT2D eigenvalue weighted by molar-refractivity contribution is -0.160. The highest BCUT2D eigenvalue weighted by molar-refractivity contribution is 5.85. The molecule has 0 aromatic heterocycles. The zero-order valence-corrected chi connectivity index (χ0v) is 14.8. The average molecular weight is 349 g/mol. The summed E-state index contributed by atoms with van der Waals surface area (Å²) >= 11 is 0. The number of carbonyl (C=O) groups excluding carboxylic acids is 3. The first kappa shape index (κ1) is 16.9. The number of carbonyl (C=O) groups is 3. The van der Waals surface area contributed by atoms with Crippen LogP contribution in [0.25, 0.3) is 0 Å². The van der Waals surface area contributed by atoms with Gasteiger partial charge in [-0.15, -0.1) is 0 Å². The van der Waals surface area contributed by atoms with Gasteiger partial charge in [0.15, 0.2) is 0 Å². The van der Waals surface area contributed by atoms with Gasteiger partial charge in [0.05, 0.1) is 0 Å². The number of amides is 1. The summed E-state index contributed by atoms with van der Waals surface area (Å²) in [5.74, 6) is 1.27. The minimum absolute atomic E-state index is 0.0683. The summed E-state index contributed by atoms with van der Waals surface area (Å²) in [5.41, 5.74) is 0.160. The molecule has 0 spiro atoms. The molecular formula is C19H27NO5. The van der Waals surface area contributed by atoms with Gasteiger partial charge in [-0.25, -0.2) is 4.79 Å². The lowest BCUT2D eigenvalue weighted by Crippen LogP contribution is -2.48. The van der Waals surface area contributed by atoms with Crippen LogP contribution in [0.5, 0.6) is 0 Å². The van der Waals surface area contributed by atoms with E-state index in [4.69, 9.17) is 9.47 Å². The molecule has 2 unspecified atom stereocenters. The van der Waals surface area contributed by atoms with E-state index in [1.54, 1.807) is 6.92 Å². The van der Waals surface area contributed by atoms with Crippen LogP contribution in [0.4, 0.5) is 0 Å². The van der Waals surface area contributed by atoms with Gasteiger partial charge in [0.1, 0.15) is 12.6 Å². The molecule has 1 aliphatic heterocycles. The third-order valence-corrected chi connectivity index (χ3v) is 6.53. The Morgan fingerprint density at radius 3 is 2.24 bits per heavy atom. The van der Waals surface area contributed by atoms with Gasteiger partial charge in [0.2, 0.25) is 12.0 Å². The smallest absolute Gasteiger partial charge is 0.347 e. The van der Waals surface area contributed by atoms with Crippen LogP contribution in [0.1, 0.15) is 58.3 Å². The van der Waals surface area contributed by atoms with Crippen molar-refractivity contribution >= 4 is 17.8 Å². The molecule has 25 heavy (non-hydrogen) atoms. The van der Waals surface area contributed by atoms with Crippen LogP contribution in [-0.2, 0) is 23.9 Å². The van der Waals surface area contributed by atoms with E-state index in [-0.39, 0.29) is 24.0 Å². The Kier molecular flexibility index (Phi) is 4.24. The molecule has 4 aliphatic carbocycles. The molecule has 0 aromatic rings. The van der Waals surface area contributed by atoms with Crippen molar-refractivity contribution in [2.45, 2.75) is 70.5 Å². The third-order valence-electron chi connectivity index (χ3n) is 6.53. The number of ether oxygens (including phenoxy) is 2. The summed E-state index contributed by atoms with van der Waals surface area (Å²) in [6.07, 6.45) is 7.40. The minimum Gasteiger partial charge on any atom is -0.460 e. The van der Waals surface area contributed by atoms with Crippen LogP contribution in [-0.4, -0.2) is 36.6 Å². The van der Waals surface area contributed by atoms with Gasteiger partial charge in [0, 0.05) is 12.8 Å². The Morgan fingerprint density at radius 2 is 1.72 bits per heavy atom. The maximum absolute atomic E-state index is 12.4. The van der Waals surface area contributed by atoms with Gasteiger partial charge < -0.3 is 14.8 Å². The second-order valence-electron chi connectivity index (χ2n) is 8.83. The summed E-state index contributed by atoms with van der Waals surface area (Å²) in [7, 11) is 0. The van der Waals surface area contributed by atoms with E-state index in [0.717, 1.165) is 17.8 Å². The van der Waals surface area contributed by atoms with Crippen LogP contribution in [0.15, 0.2) is 0 Å². The fourth-order valence-electron chi connectivity index (χ4n) is 6.10. The zero-order valence-electron chi connectivity index (χ0n) is 14.8. The van der Waals surface area contributed by atoms with Crippen molar-refractivity contribution in [3.63, 3.8) is 0 Å². The predicted molar refractivity (Wildman–Crippen MR) is 88.3 cm³/mol. The molecule has 1 N–H and O–H groups in total. The van der Waals surface area contributed by atoms with Crippen LogP contribution in [0.2, 0.25) is 0 Å². The summed E-state index contributed by atoms with van der Waals surface area (Å²) < 4.78 is 10.1. The molecule has 2 atom stereocenters. The maximum atomic E-state index is 12.4. The Bertz CT molecular complexity index is 551. The fraction of sp³-hybridized carbons (Fsp3) is 0.842. The van der Waals surface area contributed by atoms with Crippen molar-refractivity contribution < 1.29 is 23.9 Å². The Balaban J connectivity index is 1.24. The molecule has 6 nitrogen and oxygen atoms in total. The normalized spacial score (nSPS) is 41.5. The van der Waals surface area contributed by atoms with E-state index in [9.17, 15) is 14.4 Å². The largest absolute Gasteiger partial charge is 0.460 e. The van der Waals surface area contributed by atoms with Crippen molar-refractivity contribution in [3.05, 3.63) is 0 Å². The predicted octanol–water partition coefficient (Wildman–Crippen LogP) is 1.96. The first-order valence-corrected chi connectivity index (χ1v) is 9.57. The van der Waals surface area contributed by atoms with Gasteiger partial charge >= 0.3 is 11.9 Å². The molecule has 138 valence electrons. The summed E-state index contributed by atoms with van der Waals surface area (Å²) in [6.45, 7) is 1.59. The second-order valence-corrected chi connectivity index (χ2v) is 8.83. The summed E-state index contributed by atoms with van der Waals surface area (Å²) in [5, 5.41) is 2.69. The monoisotopic (exact) mass is 349 g/mol. The van der Waals surface area contributed by atoms with Crippen molar-refractivity contribution in [2.75, 3.05) is 6.54 Å². The van der Waals surface area contributed by atoms with Crippen molar-refractivity contribution in [3.8, 4) is 0 Å². The number of rotatable bonds is 5. The van der Waals surface area contributed by atoms with E-state index in [1.807, 2.05) is 0 Å². The molecule has 5 fully saturated rings. The number of nitrogens with one attached hydrogen (secondary N) is 1. The van der Waals surface area contributed by atoms with Gasteiger partial charge in [0.25, 0.3) is 0 Å². The van der Waals surface area contributed by atoms with E-state index < -0.39 is 18.0 Å². The Labute approximate surface area is 148 Å². The van der Waals surface area contributed by atoms with Crippen molar-refractivity contribution in [1.29, 1.82) is 0 Å². The first-order chi connectivity index (χ1) is 11.9. The van der Waals surface area contributed by atoms with Crippen molar-refractivity contribution in [2.24, 2.45) is 23.2 Å². The molecule has 4 bridgehead atoms. The lowest BCUT2D eigenvalue weighted by Gasteiger charge is -2.56. The van der Waals surface area contributed by atoms with Gasteiger partial charge in [-0.05, 0) is 68.6 Å². The van der Waals surface area contributed by atoms with E-state index >= 15 is 0 Å². The standard InChI is InChI=1S/C19H27NO5/c1-11-2-15(18(23)24-11)25-17(22)10-20-16(21)9-19-6-12-3-13(7-19)5-14(4-12)8-19/h11-15H,2-10H2,1H3,(H,20,21). The van der Waals surface area contributed by atoms with Crippen LogP contribution >= 0.6 is 0 Å². The number of hydrogen-bond donors (Lipinski definition) is 1. The molecular weight excluding hydrogens is 322 g/mol. The molecule has 5 aliphatic rings. The quantitative estimate of drug-likeness (QED) is 0.767. The highest BCUT2D eigenvalue weighted by atomic mass is 16.6. The highest BCUT2D eigenvalue weighted by Gasteiger charge is 2.51. The van der Waals surface area contributed by atoms with E-state index in [2.05, 4.69) is 5.32 Å². The molecule has 0 radical (unpaired) electrons. The van der Waals surface area contributed by atoms with E-state index in [0.29, 0.717) is 12.8 Å². The molecule has 4 saturated carbocycles. The second kappa shape index (κ2) is 6.29. The molecule has 6 heteroatoms. The molecule has 1 amide bonds. The summed E-state index contributed by atoms with van der Waals surface area (Å²) in [6, 6.07) is 0. The molecule has 1 heterocycles. The number of hydrogen-bond acceptors (Lipinski definition) is 5. The van der Waals surface area contributed by atoms with Gasteiger partial charge in [-0.3, -0.25) is 9.59 Å². The van der Waals surface area contributed by atoms with Crippen molar-refractivity contribution in [1.82, 2.24) is 5.32 Å². The van der Waals surface area contributed by atoms with Crippen LogP contribution in [0, 0.1) is 23.2 Å². The number of esters is 2. The van der Waals surface area contributed by atoms with Crippen LogP contribution in [0.3, 0.4) is 0 Å². The first-order valence-electron chi connectivity index (χ1n) is 9.57. The van der Waals surface area contributed by atoms with Crippen LogP contribution < -0.4 is 5.32 Å². The highest BCUT2D eigenvalue weighted by Crippen LogP contribution is 2.61. The Hall–Kier alpha value is -1.59. The van der Waals surface area contributed by atoms with Gasteiger partial charge in [-0.1, -0.05) is 0 Å². The SMILES string of the molecule is CC1CC(OC(=O)CNC(=O)CC23CC4CC(CC(C4)C2)C3)C(=O)O1. The molecule has 5 rings (SSSR count). The maximum Gasteiger partial charge on any atom is 0.347 e. The van der Waals surface area contributed by atoms with E-state index in [1.165, 1.54) is 38.5 Å². The van der Waals surface area contributed by atoms with Gasteiger partial charge in [-0.2, -0.15) is 0 Å². The molecule has 0 aromatic carbocycles. The minimum atomic E-state index is -0.831. The lowest BCUT2D eigenvalue weighted by atomic mass is 9.49. The number of cyclic esters (lactones) is 1. The zero-order chi connectivity index (χ0) is 17.6. The Morgan fingerprint density at radius 1 is 1.12 bits per heavy atom. The average Bonchev–Trinajstić information content (AvgIpc) is 2.81. The summed E-state index contributed by atoms with van der Waals surface area (Å²) in [4.78, 5) is 35.7.